The standard InChI is InChI=1S/C20H22Br2N2O3/c1-12(2)16-9-17(21)13(3)19(22)20(16)27-11-18(25)24-23-10-14-5-7-15(26-4)8-6-14/h5-10,12H,11H2,1-4H3,(H,24,25). The number of nitrogens with one attached hydrogen (secondary N) is 1. The molecular weight excluding hydrogens is 476 g/mol. The molecule has 2 aromatic rings. The Balaban J connectivity index is 1.99. The van der Waals surface area contributed by atoms with Crippen molar-refractivity contribution in [3.63, 3.8) is 0 Å². The largest absolute Gasteiger partial charge is 0.497 e. The molecule has 27 heavy (non-hydrogen) atoms. The molecule has 0 spiro atoms. The fourth-order valence-electron chi connectivity index (χ4n) is 2.33. The Morgan fingerprint density at radius 1 is 1.26 bits per heavy atom. The van der Waals surface area contributed by atoms with Crippen molar-refractivity contribution in [1.29, 1.82) is 0 Å². The van der Waals surface area contributed by atoms with Crippen LogP contribution in [0, 0.1) is 6.92 Å². The van der Waals surface area contributed by atoms with E-state index in [1.807, 2.05) is 37.3 Å². The smallest absolute Gasteiger partial charge is 0.277 e. The van der Waals surface area contributed by atoms with Crippen LogP contribution in [0.15, 0.2) is 44.4 Å². The average Bonchev–Trinajstić information content (AvgIpc) is 2.65. The first kappa shape index (κ1) is 21.4. The van der Waals surface area contributed by atoms with Gasteiger partial charge in [0.05, 0.1) is 17.8 Å². The third kappa shape index (κ3) is 5.81. The molecule has 0 saturated carbocycles. The van der Waals surface area contributed by atoms with Crippen LogP contribution in [0.1, 0.15) is 36.5 Å². The lowest BCUT2D eigenvalue weighted by Crippen LogP contribution is -2.25. The average molecular weight is 498 g/mol. The second kappa shape index (κ2) is 9.90. The van der Waals surface area contributed by atoms with Gasteiger partial charge in [-0.15, -0.1) is 0 Å². The summed E-state index contributed by atoms with van der Waals surface area (Å²) in [5, 5.41) is 3.96. The molecule has 0 aliphatic heterocycles. The molecule has 144 valence electrons. The van der Waals surface area contributed by atoms with Crippen LogP contribution in [0.3, 0.4) is 0 Å². The van der Waals surface area contributed by atoms with Crippen LogP contribution in [-0.2, 0) is 4.79 Å². The van der Waals surface area contributed by atoms with Crippen molar-refractivity contribution in [2.75, 3.05) is 13.7 Å². The first-order valence-corrected chi connectivity index (χ1v) is 9.99. The van der Waals surface area contributed by atoms with Crippen molar-refractivity contribution in [3.8, 4) is 11.5 Å². The van der Waals surface area contributed by atoms with E-state index in [0.29, 0.717) is 5.75 Å². The molecule has 0 aromatic heterocycles. The molecule has 5 nitrogen and oxygen atoms in total. The summed E-state index contributed by atoms with van der Waals surface area (Å²) in [5.41, 5.74) is 5.37. The Kier molecular flexibility index (Phi) is 7.86. The molecule has 0 saturated heterocycles. The molecule has 2 aromatic carbocycles. The number of hydrogen-bond acceptors (Lipinski definition) is 4. The Hall–Kier alpha value is -1.86. The fraction of sp³-hybridized carbons (Fsp3) is 0.300. The van der Waals surface area contributed by atoms with E-state index in [4.69, 9.17) is 9.47 Å². The van der Waals surface area contributed by atoms with Crippen LogP contribution >= 0.6 is 31.9 Å². The topological polar surface area (TPSA) is 59.9 Å². The van der Waals surface area contributed by atoms with E-state index in [2.05, 4.69) is 56.2 Å². The van der Waals surface area contributed by atoms with E-state index < -0.39 is 0 Å². The number of methoxy groups -OCH3 is 1. The maximum Gasteiger partial charge on any atom is 0.277 e. The van der Waals surface area contributed by atoms with E-state index in [1.165, 1.54) is 0 Å². The number of hydrazone groups is 1. The van der Waals surface area contributed by atoms with Gasteiger partial charge in [-0.2, -0.15) is 5.10 Å². The van der Waals surface area contributed by atoms with Crippen molar-refractivity contribution < 1.29 is 14.3 Å². The molecule has 0 bridgehead atoms. The second-order valence-corrected chi connectivity index (χ2v) is 7.87. The number of benzene rings is 2. The molecule has 0 fully saturated rings. The van der Waals surface area contributed by atoms with Gasteiger partial charge in [0.2, 0.25) is 0 Å². The van der Waals surface area contributed by atoms with Crippen LogP contribution in [0.5, 0.6) is 11.5 Å². The summed E-state index contributed by atoms with van der Waals surface area (Å²) in [7, 11) is 1.61. The molecule has 2 rings (SSSR count). The first-order valence-electron chi connectivity index (χ1n) is 8.40. The second-order valence-electron chi connectivity index (χ2n) is 6.23. The van der Waals surface area contributed by atoms with E-state index in [1.54, 1.807) is 13.3 Å². The van der Waals surface area contributed by atoms with Crippen LogP contribution in [0.25, 0.3) is 0 Å². The number of amides is 1. The van der Waals surface area contributed by atoms with E-state index in [9.17, 15) is 4.79 Å². The third-order valence-corrected chi connectivity index (χ3v) is 5.70. The van der Waals surface area contributed by atoms with Gasteiger partial charge in [0.1, 0.15) is 11.5 Å². The minimum atomic E-state index is -0.332. The Morgan fingerprint density at radius 3 is 2.52 bits per heavy atom. The van der Waals surface area contributed by atoms with Gasteiger partial charge in [0.25, 0.3) is 5.91 Å². The Labute approximate surface area is 176 Å². The summed E-state index contributed by atoms with van der Waals surface area (Å²) >= 11 is 7.12. The SMILES string of the molecule is COc1ccc(C=NNC(=O)COc2c(C(C)C)cc(Br)c(C)c2Br)cc1. The number of carbonyl (C=O) groups is 1. The Bertz CT molecular complexity index is 834. The fourth-order valence-corrected chi connectivity index (χ4v) is 3.59. The molecule has 0 atom stereocenters. The third-order valence-electron chi connectivity index (χ3n) is 3.92. The predicted octanol–water partition coefficient (Wildman–Crippen LogP) is 5.18. The first-order chi connectivity index (χ1) is 12.8. The summed E-state index contributed by atoms with van der Waals surface area (Å²) in [6.45, 7) is 6.01. The van der Waals surface area contributed by atoms with Crippen molar-refractivity contribution >= 4 is 44.0 Å². The zero-order valence-electron chi connectivity index (χ0n) is 15.7. The highest BCUT2D eigenvalue weighted by Crippen LogP contribution is 2.40. The molecule has 7 heteroatoms. The summed E-state index contributed by atoms with van der Waals surface area (Å²) in [4.78, 5) is 12.1. The monoisotopic (exact) mass is 496 g/mol. The maximum absolute atomic E-state index is 12.1. The number of nitrogens with zero attached hydrogens (tertiary/aromatic N) is 1. The van der Waals surface area contributed by atoms with Crippen LogP contribution in [0.4, 0.5) is 0 Å². The van der Waals surface area contributed by atoms with Crippen molar-refractivity contribution in [2.24, 2.45) is 5.10 Å². The minimum Gasteiger partial charge on any atom is -0.497 e. The van der Waals surface area contributed by atoms with Gasteiger partial charge in [-0.25, -0.2) is 5.43 Å². The van der Waals surface area contributed by atoms with Gasteiger partial charge < -0.3 is 9.47 Å². The van der Waals surface area contributed by atoms with Gasteiger partial charge in [0, 0.05) is 4.47 Å². The van der Waals surface area contributed by atoms with Crippen LogP contribution in [0.2, 0.25) is 0 Å². The summed E-state index contributed by atoms with van der Waals surface area (Å²) in [6.07, 6.45) is 1.57. The van der Waals surface area contributed by atoms with Gasteiger partial charge in [-0.05, 0) is 75.8 Å². The van der Waals surface area contributed by atoms with Gasteiger partial charge in [0.15, 0.2) is 6.61 Å². The van der Waals surface area contributed by atoms with Gasteiger partial charge in [-0.1, -0.05) is 29.8 Å². The summed E-state index contributed by atoms with van der Waals surface area (Å²) < 4.78 is 12.7. The normalized spacial score (nSPS) is 11.1. The summed E-state index contributed by atoms with van der Waals surface area (Å²) in [5.74, 6) is 1.37. The highest BCUT2D eigenvalue weighted by Gasteiger charge is 2.17. The van der Waals surface area contributed by atoms with E-state index in [0.717, 1.165) is 31.4 Å². The zero-order chi connectivity index (χ0) is 20.0. The lowest BCUT2D eigenvalue weighted by molar-refractivity contribution is -0.123. The lowest BCUT2D eigenvalue weighted by atomic mass is 10.0. The molecule has 0 heterocycles. The highest BCUT2D eigenvalue weighted by atomic mass is 79.9. The lowest BCUT2D eigenvalue weighted by Gasteiger charge is -2.18. The quantitative estimate of drug-likeness (QED) is 0.423. The van der Waals surface area contributed by atoms with Crippen molar-refractivity contribution in [2.45, 2.75) is 26.7 Å². The zero-order valence-corrected chi connectivity index (χ0v) is 18.8. The van der Waals surface area contributed by atoms with Crippen molar-refractivity contribution in [1.82, 2.24) is 5.43 Å². The van der Waals surface area contributed by atoms with Crippen molar-refractivity contribution in [3.05, 3.63) is 56.0 Å². The van der Waals surface area contributed by atoms with Gasteiger partial charge in [-0.3, -0.25) is 4.79 Å². The van der Waals surface area contributed by atoms with E-state index in [-0.39, 0.29) is 18.4 Å². The molecule has 0 aliphatic carbocycles. The molecule has 1 N–H and O–H groups in total. The predicted molar refractivity (Wildman–Crippen MR) is 115 cm³/mol. The van der Waals surface area contributed by atoms with E-state index >= 15 is 0 Å². The number of ether oxygens (including phenoxy) is 2. The summed E-state index contributed by atoms with van der Waals surface area (Å²) in [6, 6.07) is 9.38. The number of hydrogen-bond donors (Lipinski definition) is 1. The molecule has 0 radical (unpaired) electrons. The Morgan fingerprint density at radius 2 is 1.93 bits per heavy atom. The van der Waals surface area contributed by atoms with Gasteiger partial charge >= 0.3 is 0 Å². The number of halogens is 2. The number of rotatable bonds is 7. The highest BCUT2D eigenvalue weighted by molar-refractivity contribution is 9.11. The maximum atomic E-state index is 12.1. The molecule has 0 unspecified atom stereocenters. The number of carbonyl (C=O) groups excluding carboxylic acids is 1. The van der Waals surface area contributed by atoms with Crippen LogP contribution < -0.4 is 14.9 Å². The molecule has 1 amide bonds. The minimum absolute atomic E-state index is 0.126. The molecular formula is C20H22Br2N2O3. The molecule has 0 aliphatic rings. The van der Waals surface area contributed by atoms with Crippen LogP contribution in [-0.4, -0.2) is 25.8 Å².